The van der Waals surface area contributed by atoms with E-state index in [1.54, 1.807) is 17.5 Å². The first kappa shape index (κ1) is 23.4. The zero-order chi connectivity index (χ0) is 22.3. The van der Waals surface area contributed by atoms with Crippen LogP contribution < -0.4 is 10.6 Å². The summed E-state index contributed by atoms with van der Waals surface area (Å²) in [6, 6.07) is 11.4. The molecule has 0 saturated heterocycles. The molecule has 2 aromatic carbocycles. The summed E-state index contributed by atoms with van der Waals surface area (Å²) < 4.78 is 27.0. The maximum absolute atomic E-state index is 13.5. The molecule has 3 nitrogen and oxygen atoms in total. The largest absolute Gasteiger partial charge is 0.356 e. The molecular formula is C24H26F2N2OS. The highest BCUT2D eigenvalue weighted by Crippen LogP contribution is 2.28. The monoisotopic (exact) mass is 428 g/mol. The molecule has 158 valence electrons. The predicted molar refractivity (Wildman–Crippen MR) is 124 cm³/mol. The summed E-state index contributed by atoms with van der Waals surface area (Å²) >= 11 is 1.48. The van der Waals surface area contributed by atoms with Crippen LogP contribution in [0.25, 0.3) is 0 Å². The molecule has 2 rings (SSSR count). The number of anilines is 2. The number of carbonyl (C=O) groups is 1. The third kappa shape index (κ3) is 6.88. The van der Waals surface area contributed by atoms with E-state index < -0.39 is 5.92 Å². The Balaban J connectivity index is 2.03. The molecule has 0 atom stereocenters. The van der Waals surface area contributed by atoms with Crippen LogP contribution >= 0.6 is 11.8 Å². The molecule has 0 aliphatic heterocycles. The highest BCUT2D eigenvalue weighted by molar-refractivity contribution is 8.04. The van der Waals surface area contributed by atoms with Crippen molar-refractivity contribution in [1.82, 2.24) is 0 Å². The molecule has 0 fully saturated rings. The van der Waals surface area contributed by atoms with E-state index in [4.69, 9.17) is 0 Å². The van der Waals surface area contributed by atoms with Gasteiger partial charge >= 0.3 is 0 Å². The maximum atomic E-state index is 13.5. The Morgan fingerprint density at radius 2 is 1.93 bits per heavy atom. The Hall–Kier alpha value is -2.86. The molecule has 30 heavy (non-hydrogen) atoms. The Kier molecular flexibility index (Phi) is 8.00. The number of rotatable bonds is 9. The molecule has 0 saturated carbocycles. The highest BCUT2D eigenvalue weighted by atomic mass is 32.2. The first-order chi connectivity index (χ1) is 14.1. The Morgan fingerprint density at radius 3 is 2.57 bits per heavy atom. The van der Waals surface area contributed by atoms with Gasteiger partial charge in [-0.1, -0.05) is 31.4 Å². The molecule has 0 aliphatic carbocycles. The zero-order valence-corrected chi connectivity index (χ0v) is 18.2. The van der Waals surface area contributed by atoms with Crippen molar-refractivity contribution in [3.05, 3.63) is 94.4 Å². The summed E-state index contributed by atoms with van der Waals surface area (Å²) in [5.41, 5.74) is 4.67. The highest BCUT2D eigenvalue weighted by Gasteiger charge is 2.24. The average Bonchev–Trinajstić information content (AvgIpc) is 2.67. The lowest BCUT2D eigenvalue weighted by Crippen LogP contribution is -2.15. The van der Waals surface area contributed by atoms with Gasteiger partial charge in [0.1, 0.15) is 0 Å². The molecule has 1 amide bonds. The minimum absolute atomic E-state index is 0.0186. The predicted octanol–water partition coefficient (Wildman–Crippen LogP) is 6.99. The number of alkyl halides is 2. The second-order valence-electron chi connectivity index (χ2n) is 7.05. The first-order valence-electron chi connectivity index (χ1n) is 9.37. The van der Waals surface area contributed by atoms with Gasteiger partial charge < -0.3 is 10.6 Å². The zero-order valence-electron chi connectivity index (χ0n) is 17.4. The van der Waals surface area contributed by atoms with E-state index in [1.165, 1.54) is 30.0 Å². The number of aryl methyl sites for hydroxylation is 1. The Morgan fingerprint density at radius 1 is 1.20 bits per heavy atom. The van der Waals surface area contributed by atoms with Gasteiger partial charge in [-0.25, -0.2) is 8.78 Å². The van der Waals surface area contributed by atoms with Crippen LogP contribution in [0, 0.1) is 6.92 Å². The van der Waals surface area contributed by atoms with Gasteiger partial charge in [0.25, 0.3) is 5.92 Å². The van der Waals surface area contributed by atoms with Gasteiger partial charge in [-0.2, -0.15) is 0 Å². The number of thioether (sulfide) groups is 1. The number of carbonyl (C=O) groups excluding carboxylic acids is 1. The summed E-state index contributed by atoms with van der Waals surface area (Å²) in [5.74, 6) is -3.20. The lowest BCUT2D eigenvalue weighted by molar-refractivity contribution is -0.115. The molecule has 2 aromatic rings. The van der Waals surface area contributed by atoms with E-state index in [0.29, 0.717) is 11.3 Å². The Bertz CT molecular complexity index is 977. The van der Waals surface area contributed by atoms with Crippen molar-refractivity contribution < 1.29 is 13.6 Å². The van der Waals surface area contributed by atoms with Crippen molar-refractivity contribution in [2.45, 2.75) is 33.1 Å². The fourth-order valence-corrected chi connectivity index (χ4v) is 3.15. The minimum Gasteiger partial charge on any atom is -0.356 e. The smallest absolute Gasteiger partial charge is 0.270 e. The van der Waals surface area contributed by atoms with Crippen molar-refractivity contribution in [2.75, 3.05) is 10.6 Å². The molecule has 0 heterocycles. The van der Waals surface area contributed by atoms with Crippen LogP contribution in [0.5, 0.6) is 0 Å². The third-order valence-corrected chi connectivity index (χ3v) is 5.09. The van der Waals surface area contributed by atoms with Gasteiger partial charge in [0.2, 0.25) is 5.91 Å². The molecule has 0 bridgehead atoms. The van der Waals surface area contributed by atoms with Crippen molar-refractivity contribution in [3.8, 4) is 0 Å². The summed E-state index contributed by atoms with van der Waals surface area (Å²) in [6.07, 6.45) is 0.0186. The number of benzene rings is 2. The van der Waals surface area contributed by atoms with Crippen LogP contribution in [0.4, 0.5) is 20.2 Å². The first-order valence-corrected chi connectivity index (χ1v) is 10.3. The van der Waals surface area contributed by atoms with Crippen molar-refractivity contribution >= 4 is 29.0 Å². The lowest BCUT2D eigenvalue weighted by atomic mass is 10.0. The number of hydrogen-bond donors (Lipinski definition) is 2. The van der Waals surface area contributed by atoms with Gasteiger partial charge in [0.15, 0.2) is 0 Å². The number of allylic oxidation sites excluding steroid dienone is 1. The quantitative estimate of drug-likeness (QED) is 0.423. The van der Waals surface area contributed by atoms with Gasteiger partial charge in [-0.15, -0.1) is 11.8 Å². The van der Waals surface area contributed by atoms with Crippen LogP contribution in [0.15, 0.2) is 77.7 Å². The van der Waals surface area contributed by atoms with E-state index in [-0.39, 0.29) is 17.9 Å². The van der Waals surface area contributed by atoms with Crippen LogP contribution in [-0.4, -0.2) is 5.91 Å². The topological polar surface area (TPSA) is 41.1 Å². The summed E-state index contributed by atoms with van der Waals surface area (Å²) in [4.78, 5) is 12.4. The summed E-state index contributed by atoms with van der Waals surface area (Å²) in [5, 5.41) is 9.78. The summed E-state index contributed by atoms with van der Waals surface area (Å²) in [7, 11) is 0. The van der Waals surface area contributed by atoms with E-state index in [0.717, 1.165) is 29.4 Å². The molecule has 2 N–H and O–H groups in total. The van der Waals surface area contributed by atoms with E-state index in [2.05, 4.69) is 23.8 Å². The van der Waals surface area contributed by atoms with E-state index in [9.17, 15) is 13.6 Å². The molecule has 0 radical (unpaired) electrons. The summed E-state index contributed by atoms with van der Waals surface area (Å²) in [6.45, 7) is 12.4. The molecular weight excluding hydrogens is 402 g/mol. The fraction of sp³-hybridized carbons (Fsp3) is 0.208. The molecule has 0 aliphatic rings. The van der Waals surface area contributed by atoms with Crippen LogP contribution in [0.1, 0.15) is 30.5 Å². The number of halogens is 2. The van der Waals surface area contributed by atoms with Crippen LogP contribution in [0.2, 0.25) is 0 Å². The van der Waals surface area contributed by atoms with E-state index >= 15 is 0 Å². The molecule has 0 spiro atoms. The van der Waals surface area contributed by atoms with Crippen LogP contribution in [0.3, 0.4) is 0 Å². The van der Waals surface area contributed by atoms with Gasteiger partial charge in [-0.3, -0.25) is 4.79 Å². The van der Waals surface area contributed by atoms with Crippen molar-refractivity contribution in [2.24, 2.45) is 0 Å². The standard InChI is InChI=1S/C24H26F2N2OS/c1-6-30-15-17(3)18(4)27-22-11-10-21(12-16(22)2)28-23(29)14-19-8-7-9-20(13-19)24(5,25)26/h6-13,15,27H,1,4,14H2,2-3,5H3,(H,28,29)/b17-15+. The van der Waals surface area contributed by atoms with Crippen LogP contribution in [-0.2, 0) is 17.1 Å². The second-order valence-corrected chi connectivity index (χ2v) is 7.89. The van der Waals surface area contributed by atoms with Crippen molar-refractivity contribution in [1.29, 1.82) is 0 Å². The second kappa shape index (κ2) is 10.3. The molecule has 0 unspecified atom stereocenters. The van der Waals surface area contributed by atoms with Gasteiger partial charge in [-0.05, 0) is 65.6 Å². The third-order valence-electron chi connectivity index (χ3n) is 4.41. The fourth-order valence-electron chi connectivity index (χ4n) is 2.71. The van der Waals surface area contributed by atoms with Gasteiger partial charge in [0.05, 0.1) is 6.42 Å². The number of nitrogens with one attached hydrogen (secondary N) is 2. The normalized spacial score (nSPS) is 11.7. The lowest BCUT2D eigenvalue weighted by Gasteiger charge is -2.14. The van der Waals surface area contributed by atoms with E-state index in [1.807, 2.05) is 31.4 Å². The average molecular weight is 429 g/mol. The molecule has 6 heteroatoms. The minimum atomic E-state index is -2.94. The SMILES string of the molecule is C=CS/C=C(\C)C(=C)Nc1ccc(NC(=O)Cc2cccc(C(C)(F)F)c2)cc1C. The Labute approximate surface area is 181 Å². The number of hydrogen-bond acceptors (Lipinski definition) is 3. The maximum Gasteiger partial charge on any atom is 0.270 e. The molecule has 0 aromatic heterocycles. The van der Waals surface area contributed by atoms with Crippen molar-refractivity contribution in [3.63, 3.8) is 0 Å². The number of amides is 1. The van der Waals surface area contributed by atoms with Gasteiger partial charge in [0, 0.05) is 29.6 Å².